The molecule has 4 aromatic rings. The van der Waals surface area contributed by atoms with Crippen LogP contribution in [0, 0.1) is 25.5 Å². The number of rotatable bonds is 5. The first kappa shape index (κ1) is 23.1. The lowest BCUT2D eigenvalue weighted by atomic mass is 10.1. The Morgan fingerprint density at radius 1 is 1.06 bits per heavy atom. The summed E-state index contributed by atoms with van der Waals surface area (Å²) in [6, 6.07) is 8.18. The minimum absolute atomic E-state index is 0.0863. The Hall–Kier alpha value is -3.65. The van der Waals surface area contributed by atoms with Crippen molar-refractivity contribution in [1.29, 1.82) is 0 Å². The molecule has 4 aromatic heterocycles. The number of pyridine rings is 4. The minimum Gasteiger partial charge on any atom is -0.485 e. The van der Waals surface area contributed by atoms with E-state index in [1.807, 2.05) is 19.1 Å². The van der Waals surface area contributed by atoms with E-state index in [2.05, 4.69) is 16.0 Å². The van der Waals surface area contributed by atoms with Gasteiger partial charge < -0.3 is 4.74 Å². The molecule has 0 spiro atoms. The van der Waals surface area contributed by atoms with Gasteiger partial charge in [-0.05, 0) is 56.4 Å². The molecule has 9 heteroatoms. The van der Waals surface area contributed by atoms with E-state index in [0.717, 1.165) is 48.5 Å². The lowest BCUT2D eigenvalue weighted by Gasteiger charge is -2.17. The highest BCUT2D eigenvalue weighted by molar-refractivity contribution is 6.31. The fourth-order valence-electron chi connectivity index (χ4n) is 4.24. The van der Waals surface area contributed by atoms with Crippen molar-refractivity contribution in [2.75, 3.05) is 0 Å². The van der Waals surface area contributed by atoms with Crippen LogP contribution in [0.2, 0.25) is 5.02 Å². The minimum atomic E-state index is -0.841. The third-order valence-electron chi connectivity index (χ3n) is 6.05. The SMILES string of the molecule is Cc1cnc(-c2ccc3c(n2)CCC3)cc1-n1c(C)cc(OCc2ncc(F)cc2F)c(Cl)c1=O. The molecule has 6 nitrogen and oxygen atoms in total. The van der Waals surface area contributed by atoms with Crippen LogP contribution in [-0.2, 0) is 19.4 Å². The smallest absolute Gasteiger partial charge is 0.277 e. The van der Waals surface area contributed by atoms with E-state index in [1.54, 1.807) is 19.2 Å². The number of hydrogen-bond donors (Lipinski definition) is 0. The first-order valence-corrected chi connectivity index (χ1v) is 11.5. The molecular weight excluding hydrogens is 474 g/mol. The van der Waals surface area contributed by atoms with E-state index in [1.165, 1.54) is 10.1 Å². The summed E-state index contributed by atoms with van der Waals surface area (Å²) >= 11 is 6.36. The lowest BCUT2D eigenvalue weighted by molar-refractivity contribution is 0.292. The molecule has 5 rings (SSSR count). The van der Waals surface area contributed by atoms with Crippen molar-refractivity contribution in [2.24, 2.45) is 0 Å². The fourth-order valence-corrected chi connectivity index (χ4v) is 4.43. The molecule has 0 aromatic carbocycles. The monoisotopic (exact) mass is 494 g/mol. The Balaban J connectivity index is 1.50. The largest absolute Gasteiger partial charge is 0.485 e. The third kappa shape index (κ3) is 4.41. The first-order valence-electron chi connectivity index (χ1n) is 11.1. The van der Waals surface area contributed by atoms with Gasteiger partial charge in [-0.25, -0.2) is 8.78 Å². The predicted molar refractivity (Wildman–Crippen MR) is 128 cm³/mol. The Kier molecular flexibility index (Phi) is 6.06. The molecular formula is C26H21ClF2N4O2. The Labute approximate surface area is 205 Å². The molecule has 0 bridgehead atoms. The van der Waals surface area contributed by atoms with Crippen molar-refractivity contribution in [3.05, 3.63) is 97.9 Å². The van der Waals surface area contributed by atoms with E-state index in [9.17, 15) is 13.6 Å². The molecule has 0 N–H and O–H groups in total. The van der Waals surface area contributed by atoms with Crippen LogP contribution in [-0.4, -0.2) is 19.5 Å². The van der Waals surface area contributed by atoms with E-state index in [4.69, 9.17) is 21.3 Å². The second-order valence-electron chi connectivity index (χ2n) is 8.49. The van der Waals surface area contributed by atoms with Crippen molar-refractivity contribution < 1.29 is 13.5 Å². The predicted octanol–water partition coefficient (Wildman–Crippen LogP) is 5.31. The molecule has 0 radical (unpaired) electrons. The van der Waals surface area contributed by atoms with Crippen LogP contribution in [0.3, 0.4) is 0 Å². The zero-order valence-corrected chi connectivity index (χ0v) is 19.9. The van der Waals surface area contributed by atoms with Gasteiger partial charge in [0.05, 0.1) is 23.3 Å². The topological polar surface area (TPSA) is 69.9 Å². The van der Waals surface area contributed by atoms with Crippen molar-refractivity contribution >= 4 is 11.6 Å². The summed E-state index contributed by atoms with van der Waals surface area (Å²) in [4.78, 5) is 26.3. The summed E-state index contributed by atoms with van der Waals surface area (Å²) in [6.45, 7) is 3.29. The van der Waals surface area contributed by atoms with Crippen LogP contribution in [0.1, 0.15) is 34.6 Å². The van der Waals surface area contributed by atoms with Crippen LogP contribution in [0.4, 0.5) is 8.78 Å². The standard InChI is InChI=1S/C26H21ClF2N4O2/c1-14-11-30-21(20-7-6-16-4-3-5-19(16)32-20)10-23(14)33-15(2)8-24(25(27)26(33)34)35-13-22-18(29)9-17(28)12-31-22/h6-12H,3-5,13H2,1-2H3. The van der Waals surface area contributed by atoms with Crippen molar-refractivity contribution in [1.82, 2.24) is 19.5 Å². The molecule has 4 heterocycles. The van der Waals surface area contributed by atoms with Gasteiger partial charge in [-0.2, -0.15) is 0 Å². The molecule has 0 amide bonds. The van der Waals surface area contributed by atoms with Crippen molar-refractivity contribution in [3.63, 3.8) is 0 Å². The van der Waals surface area contributed by atoms with E-state index >= 15 is 0 Å². The van der Waals surface area contributed by atoms with Gasteiger partial charge in [0.1, 0.15) is 28.9 Å². The fraction of sp³-hybridized carbons (Fsp3) is 0.231. The molecule has 0 fully saturated rings. The highest BCUT2D eigenvalue weighted by atomic mass is 35.5. The number of fused-ring (bicyclic) bond motifs is 1. The van der Waals surface area contributed by atoms with Crippen LogP contribution < -0.4 is 10.3 Å². The molecule has 0 atom stereocenters. The van der Waals surface area contributed by atoms with Gasteiger partial charge in [-0.1, -0.05) is 17.7 Å². The molecule has 1 aliphatic carbocycles. The molecule has 178 valence electrons. The van der Waals surface area contributed by atoms with Gasteiger partial charge in [0.15, 0.2) is 5.82 Å². The van der Waals surface area contributed by atoms with Crippen LogP contribution >= 0.6 is 11.6 Å². The summed E-state index contributed by atoms with van der Waals surface area (Å²) in [6.07, 6.45) is 5.69. The second kappa shape index (κ2) is 9.19. The summed E-state index contributed by atoms with van der Waals surface area (Å²) in [5.41, 5.74) is 5.14. The van der Waals surface area contributed by atoms with E-state index in [-0.39, 0.29) is 23.1 Å². The van der Waals surface area contributed by atoms with Gasteiger partial charge in [-0.3, -0.25) is 24.3 Å². The maximum absolute atomic E-state index is 13.9. The molecule has 0 saturated carbocycles. The summed E-state index contributed by atoms with van der Waals surface area (Å²) in [5, 5.41) is -0.161. The van der Waals surface area contributed by atoms with Crippen LogP contribution in [0.25, 0.3) is 17.1 Å². The van der Waals surface area contributed by atoms with Gasteiger partial charge >= 0.3 is 0 Å². The van der Waals surface area contributed by atoms with Gasteiger partial charge in [0.2, 0.25) is 0 Å². The number of halogens is 3. The molecule has 0 unspecified atom stereocenters. The Morgan fingerprint density at radius 2 is 1.89 bits per heavy atom. The molecule has 1 aliphatic rings. The summed E-state index contributed by atoms with van der Waals surface area (Å²) in [7, 11) is 0. The summed E-state index contributed by atoms with van der Waals surface area (Å²) < 4.78 is 34.1. The number of aryl methyl sites for hydroxylation is 4. The Morgan fingerprint density at radius 3 is 2.69 bits per heavy atom. The quantitative estimate of drug-likeness (QED) is 0.376. The highest BCUT2D eigenvalue weighted by Gasteiger charge is 2.18. The lowest BCUT2D eigenvalue weighted by Crippen LogP contribution is -2.23. The second-order valence-corrected chi connectivity index (χ2v) is 8.87. The van der Waals surface area contributed by atoms with Crippen LogP contribution in [0.5, 0.6) is 5.75 Å². The third-order valence-corrected chi connectivity index (χ3v) is 6.40. The highest BCUT2D eigenvalue weighted by Crippen LogP contribution is 2.28. The average molecular weight is 495 g/mol. The maximum atomic E-state index is 13.9. The maximum Gasteiger partial charge on any atom is 0.277 e. The van der Waals surface area contributed by atoms with E-state index in [0.29, 0.717) is 17.1 Å². The number of nitrogens with zero attached hydrogens (tertiary/aromatic N) is 4. The molecule has 0 saturated heterocycles. The van der Waals surface area contributed by atoms with Crippen molar-refractivity contribution in [3.8, 4) is 22.8 Å². The molecule has 35 heavy (non-hydrogen) atoms. The van der Waals surface area contributed by atoms with Crippen molar-refractivity contribution in [2.45, 2.75) is 39.7 Å². The van der Waals surface area contributed by atoms with Gasteiger partial charge in [-0.15, -0.1) is 0 Å². The average Bonchev–Trinajstić information content (AvgIpc) is 3.30. The molecule has 0 aliphatic heterocycles. The first-order chi connectivity index (χ1) is 16.8. The van der Waals surface area contributed by atoms with Gasteiger partial charge in [0, 0.05) is 29.7 Å². The van der Waals surface area contributed by atoms with Crippen LogP contribution in [0.15, 0.2) is 47.5 Å². The summed E-state index contributed by atoms with van der Waals surface area (Å²) in [5.74, 6) is -1.54. The number of ether oxygens (including phenoxy) is 1. The normalized spacial score (nSPS) is 12.6. The zero-order valence-electron chi connectivity index (χ0n) is 19.1. The van der Waals surface area contributed by atoms with E-state index < -0.39 is 17.2 Å². The van der Waals surface area contributed by atoms with Gasteiger partial charge in [0.25, 0.3) is 5.56 Å². The number of aromatic nitrogens is 4. The zero-order chi connectivity index (χ0) is 24.7. The number of hydrogen-bond acceptors (Lipinski definition) is 5. The Bertz CT molecular complexity index is 1520.